The van der Waals surface area contributed by atoms with E-state index in [1.807, 2.05) is 25.0 Å². The number of hydrogen-bond acceptors (Lipinski definition) is 4. The number of ether oxygens (including phenoxy) is 2. The van der Waals surface area contributed by atoms with Crippen molar-refractivity contribution in [1.82, 2.24) is 20.0 Å². The Hall–Kier alpha value is -0.870. The molecule has 1 unspecified atom stereocenters. The first kappa shape index (κ1) is 23.4. The first-order valence-electron chi connectivity index (χ1n) is 10.4. The highest BCUT2D eigenvalue weighted by Gasteiger charge is 2.23. The van der Waals surface area contributed by atoms with Crippen LogP contribution in [0.3, 0.4) is 0 Å². The SMILES string of the molecule is CN=C(NCCCc1cnn(C)c1)N1CCC(OCC2CCCCO2)CC1.I. The summed E-state index contributed by atoms with van der Waals surface area (Å²) < 4.78 is 13.7. The van der Waals surface area contributed by atoms with Gasteiger partial charge in [0.1, 0.15) is 0 Å². The van der Waals surface area contributed by atoms with Crippen molar-refractivity contribution < 1.29 is 9.47 Å². The summed E-state index contributed by atoms with van der Waals surface area (Å²) >= 11 is 0. The minimum absolute atomic E-state index is 0. The van der Waals surface area contributed by atoms with E-state index in [-0.39, 0.29) is 24.0 Å². The minimum atomic E-state index is 0. The van der Waals surface area contributed by atoms with Gasteiger partial charge in [0.25, 0.3) is 0 Å². The van der Waals surface area contributed by atoms with E-state index in [2.05, 4.69) is 26.5 Å². The fraction of sp³-hybridized carbons (Fsp3) is 0.800. The van der Waals surface area contributed by atoms with Crippen LogP contribution in [0.15, 0.2) is 17.4 Å². The Kier molecular flexibility index (Phi) is 10.6. The molecule has 160 valence electrons. The summed E-state index contributed by atoms with van der Waals surface area (Å²) in [6.45, 7) is 4.58. The zero-order valence-corrected chi connectivity index (χ0v) is 19.6. The largest absolute Gasteiger partial charge is 0.376 e. The number of aryl methyl sites for hydroxylation is 2. The molecule has 28 heavy (non-hydrogen) atoms. The predicted molar refractivity (Wildman–Crippen MR) is 122 cm³/mol. The number of piperidine rings is 1. The fourth-order valence-electron chi connectivity index (χ4n) is 3.84. The Morgan fingerprint density at radius 2 is 2.14 bits per heavy atom. The monoisotopic (exact) mass is 505 g/mol. The van der Waals surface area contributed by atoms with Gasteiger partial charge in [0, 0.05) is 46.5 Å². The van der Waals surface area contributed by atoms with Gasteiger partial charge in [0.05, 0.1) is 25.0 Å². The molecule has 2 fully saturated rings. The van der Waals surface area contributed by atoms with Crippen LogP contribution in [0.25, 0.3) is 0 Å². The molecule has 0 radical (unpaired) electrons. The lowest BCUT2D eigenvalue weighted by Crippen LogP contribution is -2.47. The molecule has 1 aromatic heterocycles. The van der Waals surface area contributed by atoms with Crippen LogP contribution in [-0.4, -0.2) is 72.7 Å². The van der Waals surface area contributed by atoms with E-state index < -0.39 is 0 Å². The van der Waals surface area contributed by atoms with Crippen LogP contribution in [0.5, 0.6) is 0 Å². The van der Waals surface area contributed by atoms with Crippen LogP contribution in [0.4, 0.5) is 0 Å². The summed E-state index contributed by atoms with van der Waals surface area (Å²) in [5.74, 6) is 1.01. The maximum atomic E-state index is 6.11. The van der Waals surface area contributed by atoms with Crippen LogP contribution in [0, 0.1) is 0 Å². The van der Waals surface area contributed by atoms with Gasteiger partial charge in [-0.25, -0.2) is 0 Å². The second-order valence-corrected chi connectivity index (χ2v) is 7.61. The average molecular weight is 505 g/mol. The lowest BCUT2D eigenvalue weighted by atomic mass is 10.1. The fourth-order valence-corrected chi connectivity index (χ4v) is 3.84. The molecule has 0 spiro atoms. The zero-order chi connectivity index (χ0) is 18.9. The number of rotatable bonds is 7. The highest BCUT2D eigenvalue weighted by Crippen LogP contribution is 2.18. The predicted octanol–water partition coefficient (Wildman–Crippen LogP) is 2.60. The van der Waals surface area contributed by atoms with Gasteiger partial charge in [-0.1, -0.05) is 0 Å². The van der Waals surface area contributed by atoms with Crippen molar-refractivity contribution in [1.29, 1.82) is 0 Å². The molecular weight excluding hydrogens is 469 g/mol. The molecule has 3 rings (SSSR count). The molecule has 0 bridgehead atoms. The van der Waals surface area contributed by atoms with E-state index >= 15 is 0 Å². The smallest absolute Gasteiger partial charge is 0.193 e. The highest BCUT2D eigenvalue weighted by molar-refractivity contribution is 14.0. The Balaban J connectivity index is 0.00000280. The highest BCUT2D eigenvalue weighted by atomic mass is 127. The number of guanidine groups is 1. The third-order valence-electron chi connectivity index (χ3n) is 5.43. The number of nitrogens with one attached hydrogen (secondary N) is 1. The second kappa shape index (κ2) is 12.6. The molecule has 7 nitrogen and oxygen atoms in total. The normalized spacial score (nSPS) is 21.4. The minimum Gasteiger partial charge on any atom is -0.376 e. The summed E-state index contributed by atoms with van der Waals surface area (Å²) in [5, 5.41) is 7.72. The van der Waals surface area contributed by atoms with Crippen molar-refractivity contribution in [3.05, 3.63) is 18.0 Å². The lowest BCUT2D eigenvalue weighted by Gasteiger charge is -2.35. The first-order valence-corrected chi connectivity index (χ1v) is 10.4. The first-order chi connectivity index (χ1) is 13.2. The van der Waals surface area contributed by atoms with E-state index in [1.54, 1.807) is 0 Å². The van der Waals surface area contributed by atoms with Gasteiger partial charge in [0.15, 0.2) is 5.96 Å². The maximum Gasteiger partial charge on any atom is 0.193 e. The van der Waals surface area contributed by atoms with E-state index in [1.165, 1.54) is 18.4 Å². The topological polar surface area (TPSA) is 63.9 Å². The van der Waals surface area contributed by atoms with Gasteiger partial charge in [-0.15, -0.1) is 24.0 Å². The molecular formula is C20H36IN5O2. The second-order valence-electron chi connectivity index (χ2n) is 7.61. The van der Waals surface area contributed by atoms with Gasteiger partial charge in [-0.3, -0.25) is 9.67 Å². The third kappa shape index (κ3) is 7.51. The van der Waals surface area contributed by atoms with Crippen molar-refractivity contribution >= 4 is 29.9 Å². The lowest BCUT2D eigenvalue weighted by molar-refractivity contribution is -0.0721. The molecule has 2 aliphatic rings. The average Bonchev–Trinajstić information content (AvgIpc) is 3.13. The number of likely N-dealkylation sites (tertiary alicyclic amines) is 1. The summed E-state index contributed by atoms with van der Waals surface area (Å²) in [7, 11) is 3.82. The van der Waals surface area contributed by atoms with Crippen LogP contribution in [0.2, 0.25) is 0 Å². The molecule has 1 atom stereocenters. The van der Waals surface area contributed by atoms with Gasteiger partial charge >= 0.3 is 0 Å². The van der Waals surface area contributed by atoms with Crippen LogP contribution < -0.4 is 5.32 Å². The Morgan fingerprint density at radius 1 is 1.32 bits per heavy atom. The molecule has 0 amide bonds. The molecule has 1 N–H and O–H groups in total. The van der Waals surface area contributed by atoms with Crippen molar-refractivity contribution in [2.24, 2.45) is 12.0 Å². The van der Waals surface area contributed by atoms with Crippen molar-refractivity contribution in [2.45, 2.75) is 57.2 Å². The van der Waals surface area contributed by atoms with E-state index in [9.17, 15) is 0 Å². The molecule has 8 heteroatoms. The Labute approximate surface area is 186 Å². The Morgan fingerprint density at radius 3 is 2.79 bits per heavy atom. The molecule has 2 saturated heterocycles. The molecule has 0 aliphatic carbocycles. The number of aliphatic imine (C=N–C) groups is 1. The zero-order valence-electron chi connectivity index (χ0n) is 17.3. The molecule has 0 aromatic carbocycles. The summed E-state index contributed by atoms with van der Waals surface area (Å²) in [6, 6.07) is 0. The molecule has 0 saturated carbocycles. The number of halogens is 1. The molecule has 1 aromatic rings. The van der Waals surface area contributed by atoms with E-state index in [4.69, 9.17) is 9.47 Å². The summed E-state index contributed by atoms with van der Waals surface area (Å²) in [4.78, 5) is 6.81. The summed E-state index contributed by atoms with van der Waals surface area (Å²) in [6.07, 6.45) is 12.5. The third-order valence-corrected chi connectivity index (χ3v) is 5.43. The van der Waals surface area contributed by atoms with Crippen molar-refractivity contribution in [3.8, 4) is 0 Å². The molecule has 2 aliphatic heterocycles. The number of aromatic nitrogens is 2. The van der Waals surface area contributed by atoms with Crippen LogP contribution in [0.1, 0.15) is 44.1 Å². The van der Waals surface area contributed by atoms with Gasteiger partial charge in [-0.05, 0) is 50.5 Å². The van der Waals surface area contributed by atoms with E-state index in [0.29, 0.717) is 12.2 Å². The van der Waals surface area contributed by atoms with Crippen molar-refractivity contribution in [3.63, 3.8) is 0 Å². The molecule has 3 heterocycles. The van der Waals surface area contributed by atoms with Gasteiger partial charge < -0.3 is 19.7 Å². The van der Waals surface area contributed by atoms with Gasteiger partial charge in [0.2, 0.25) is 0 Å². The van der Waals surface area contributed by atoms with Crippen molar-refractivity contribution in [2.75, 3.05) is 39.9 Å². The standard InChI is InChI=1S/C20H35N5O2.HI/c1-21-20(22-10-5-6-17-14-23-24(2)15-17)25-11-8-18(9-12-25)27-16-19-7-3-4-13-26-19;/h14-15,18-19H,3-13,16H2,1-2H3,(H,21,22);1H. The maximum absolute atomic E-state index is 6.11. The Bertz CT molecular complexity index is 581. The number of nitrogens with zero attached hydrogens (tertiary/aromatic N) is 4. The van der Waals surface area contributed by atoms with Crippen LogP contribution in [-0.2, 0) is 22.9 Å². The summed E-state index contributed by atoms with van der Waals surface area (Å²) in [5.41, 5.74) is 1.29. The number of hydrogen-bond donors (Lipinski definition) is 1. The van der Waals surface area contributed by atoms with Crippen LogP contribution >= 0.6 is 24.0 Å². The van der Waals surface area contributed by atoms with Gasteiger partial charge in [-0.2, -0.15) is 5.10 Å². The quantitative estimate of drug-likeness (QED) is 0.267. The van der Waals surface area contributed by atoms with E-state index in [0.717, 1.165) is 70.9 Å².